The quantitative estimate of drug-likeness (QED) is 0.661. The molecule has 1 N–H and O–H groups in total. The van der Waals surface area contributed by atoms with Gasteiger partial charge in [0.1, 0.15) is 17.3 Å². The highest BCUT2D eigenvalue weighted by molar-refractivity contribution is 6.32. The van der Waals surface area contributed by atoms with Gasteiger partial charge in [-0.05, 0) is 61.5 Å². The van der Waals surface area contributed by atoms with Crippen LogP contribution in [0.25, 0.3) is 17.4 Å². The van der Waals surface area contributed by atoms with E-state index in [2.05, 4.69) is 5.10 Å². The number of aromatic carboxylic acids is 1. The fraction of sp³-hybridized carbons (Fsp3) is 0.0455. The lowest BCUT2D eigenvalue weighted by Crippen LogP contribution is -2.21. The molecule has 2 heterocycles. The van der Waals surface area contributed by atoms with Gasteiger partial charge in [0.25, 0.3) is 5.91 Å². The first kappa shape index (κ1) is 18.4. The van der Waals surface area contributed by atoms with E-state index >= 15 is 0 Å². The first-order chi connectivity index (χ1) is 13.9. The van der Waals surface area contributed by atoms with Crippen molar-refractivity contribution in [2.45, 2.75) is 6.92 Å². The van der Waals surface area contributed by atoms with Crippen molar-refractivity contribution in [3.05, 3.63) is 83.4 Å². The molecule has 0 atom stereocenters. The summed E-state index contributed by atoms with van der Waals surface area (Å²) in [6, 6.07) is 15.4. The van der Waals surface area contributed by atoms with Crippen molar-refractivity contribution in [3.63, 3.8) is 0 Å². The highest BCUT2D eigenvalue weighted by Crippen LogP contribution is 2.28. The van der Waals surface area contributed by atoms with E-state index in [0.717, 1.165) is 0 Å². The van der Waals surface area contributed by atoms with Crippen LogP contribution in [0.3, 0.4) is 0 Å². The second-order valence-electron chi connectivity index (χ2n) is 6.39. The van der Waals surface area contributed by atoms with Crippen molar-refractivity contribution in [2.24, 2.45) is 5.10 Å². The molecule has 3 aromatic rings. The van der Waals surface area contributed by atoms with Crippen molar-refractivity contribution >= 4 is 29.4 Å². The molecule has 1 amide bonds. The minimum absolute atomic E-state index is 0.119. The molecule has 1 aliphatic rings. The number of hydrogen-bond acceptors (Lipinski definition) is 4. The Morgan fingerprint density at radius 2 is 1.83 bits per heavy atom. The molecule has 7 heteroatoms. The highest BCUT2D eigenvalue weighted by atomic mass is 19.1. The number of carboxylic acids is 1. The number of anilines is 1. The molecule has 144 valence electrons. The molecule has 0 radical (unpaired) electrons. The molecule has 0 saturated heterocycles. The zero-order chi connectivity index (χ0) is 20.5. The molecule has 1 aliphatic heterocycles. The van der Waals surface area contributed by atoms with Gasteiger partial charge in [0, 0.05) is 0 Å². The summed E-state index contributed by atoms with van der Waals surface area (Å²) in [5.74, 6) is -1.06. The van der Waals surface area contributed by atoms with E-state index in [1.165, 1.54) is 35.3 Å². The summed E-state index contributed by atoms with van der Waals surface area (Å²) in [5, 5.41) is 14.4. The number of carbonyl (C=O) groups excluding carboxylic acids is 1. The Morgan fingerprint density at radius 3 is 2.52 bits per heavy atom. The Labute approximate surface area is 165 Å². The van der Waals surface area contributed by atoms with Crippen LogP contribution in [0.15, 0.2) is 75.8 Å². The lowest BCUT2D eigenvalue weighted by Gasteiger charge is -2.11. The van der Waals surface area contributed by atoms with Crippen LogP contribution in [0.5, 0.6) is 0 Å². The van der Waals surface area contributed by atoms with E-state index in [0.29, 0.717) is 34.1 Å². The average molecular weight is 390 g/mol. The summed E-state index contributed by atoms with van der Waals surface area (Å²) in [6.45, 7) is 1.69. The average Bonchev–Trinajstić information content (AvgIpc) is 3.28. The zero-order valence-corrected chi connectivity index (χ0v) is 15.3. The Bertz CT molecular complexity index is 1180. The summed E-state index contributed by atoms with van der Waals surface area (Å²) < 4.78 is 19.6. The van der Waals surface area contributed by atoms with Crippen LogP contribution in [0.2, 0.25) is 0 Å². The first-order valence-corrected chi connectivity index (χ1v) is 8.74. The van der Waals surface area contributed by atoms with Crippen molar-refractivity contribution in [2.75, 3.05) is 5.01 Å². The van der Waals surface area contributed by atoms with Crippen LogP contribution in [0.1, 0.15) is 23.0 Å². The van der Waals surface area contributed by atoms with Crippen LogP contribution in [-0.4, -0.2) is 22.7 Å². The summed E-state index contributed by atoms with van der Waals surface area (Å²) in [4.78, 5) is 23.8. The molecule has 0 bridgehead atoms. The molecule has 4 rings (SSSR count). The van der Waals surface area contributed by atoms with E-state index in [4.69, 9.17) is 9.52 Å². The van der Waals surface area contributed by atoms with Gasteiger partial charge in [-0.2, -0.15) is 10.1 Å². The summed E-state index contributed by atoms with van der Waals surface area (Å²) >= 11 is 0. The number of hydrogen-bond donors (Lipinski definition) is 1. The van der Waals surface area contributed by atoms with Gasteiger partial charge in [-0.15, -0.1) is 0 Å². The largest absolute Gasteiger partial charge is 0.478 e. The van der Waals surface area contributed by atoms with Gasteiger partial charge in [-0.1, -0.05) is 12.1 Å². The van der Waals surface area contributed by atoms with Crippen molar-refractivity contribution in [1.29, 1.82) is 0 Å². The van der Waals surface area contributed by atoms with Crippen LogP contribution in [-0.2, 0) is 4.79 Å². The van der Waals surface area contributed by atoms with Crippen molar-refractivity contribution in [1.82, 2.24) is 0 Å². The van der Waals surface area contributed by atoms with Crippen LogP contribution >= 0.6 is 0 Å². The third kappa shape index (κ3) is 3.45. The third-order valence-electron chi connectivity index (χ3n) is 4.47. The molecule has 1 aromatic heterocycles. The second-order valence-corrected chi connectivity index (χ2v) is 6.39. The van der Waals surface area contributed by atoms with Gasteiger partial charge in [-0.25, -0.2) is 9.18 Å². The molecule has 0 unspecified atom stereocenters. The smallest absolute Gasteiger partial charge is 0.335 e. The zero-order valence-electron chi connectivity index (χ0n) is 15.3. The minimum atomic E-state index is -1.05. The number of nitrogens with zero attached hydrogens (tertiary/aromatic N) is 2. The van der Waals surface area contributed by atoms with Gasteiger partial charge in [0.15, 0.2) is 0 Å². The topological polar surface area (TPSA) is 83.1 Å². The standard InChI is InChI=1S/C22H15FN2O4/c1-13-18(12-16-10-11-20(29-16)17-4-2-3-5-19(17)23)21(26)25(24-13)15-8-6-14(7-9-15)22(27)28/h2-12H,1H3,(H,27,28)/b18-12-. The van der Waals surface area contributed by atoms with E-state index in [-0.39, 0.29) is 11.5 Å². The van der Waals surface area contributed by atoms with Gasteiger partial charge in [-0.3, -0.25) is 4.79 Å². The molecule has 0 saturated carbocycles. The number of rotatable bonds is 4. The van der Waals surface area contributed by atoms with Crippen molar-refractivity contribution < 1.29 is 23.5 Å². The maximum Gasteiger partial charge on any atom is 0.335 e. The van der Waals surface area contributed by atoms with E-state index in [9.17, 15) is 14.0 Å². The summed E-state index contributed by atoms with van der Waals surface area (Å²) in [7, 11) is 0. The number of carboxylic acid groups (broad SMARTS) is 1. The van der Waals surface area contributed by atoms with Gasteiger partial charge >= 0.3 is 5.97 Å². The predicted octanol–water partition coefficient (Wildman–Crippen LogP) is 4.59. The number of amides is 1. The fourth-order valence-corrected chi connectivity index (χ4v) is 2.98. The Morgan fingerprint density at radius 1 is 1.10 bits per heavy atom. The van der Waals surface area contributed by atoms with Crippen LogP contribution in [0, 0.1) is 5.82 Å². The van der Waals surface area contributed by atoms with E-state index < -0.39 is 11.8 Å². The molecule has 0 spiro atoms. The molecule has 0 fully saturated rings. The maximum absolute atomic E-state index is 13.9. The lowest BCUT2D eigenvalue weighted by atomic mass is 10.1. The van der Waals surface area contributed by atoms with Gasteiger partial charge in [0.2, 0.25) is 0 Å². The number of furan rings is 1. The normalized spacial score (nSPS) is 15.1. The monoisotopic (exact) mass is 390 g/mol. The molecular weight excluding hydrogens is 375 g/mol. The third-order valence-corrected chi connectivity index (χ3v) is 4.47. The molecule has 2 aromatic carbocycles. The van der Waals surface area contributed by atoms with Crippen LogP contribution < -0.4 is 5.01 Å². The van der Waals surface area contributed by atoms with Crippen LogP contribution in [0.4, 0.5) is 10.1 Å². The highest BCUT2D eigenvalue weighted by Gasteiger charge is 2.29. The Balaban J connectivity index is 1.61. The summed E-state index contributed by atoms with van der Waals surface area (Å²) in [5.41, 5.74) is 1.73. The Hall–Kier alpha value is -4.00. The number of benzene rings is 2. The number of hydrazone groups is 1. The lowest BCUT2D eigenvalue weighted by molar-refractivity contribution is -0.114. The molecular formula is C22H15FN2O4. The maximum atomic E-state index is 13.9. The second kappa shape index (κ2) is 7.20. The van der Waals surface area contributed by atoms with Gasteiger partial charge in [0.05, 0.1) is 28.1 Å². The first-order valence-electron chi connectivity index (χ1n) is 8.74. The molecule has 0 aliphatic carbocycles. The molecule has 6 nitrogen and oxygen atoms in total. The fourth-order valence-electron chi connectivity index (χ4n) is 2.98. The molecule has 29 heavy (non-hydrogen) atoms. The van der Waals surface area contributed by atoms with E-state index in [1.54, 1.807) is 43.3 Å². The minimum Gasteiger partial charge on any atom is -0.478 e. The van der Waals surface area contributed by atoms with Gasteiger partial charge < -0.3 is 9.52 Å². The summed E-state index contributed by atoms with van der Waals surface area (Å²) in [6.07, 6.45) is 1.55. The SMILES string of the molecule is CC1=NN(c2ccc(C(=O)O)cc2)C(=O)/C1=C\c1ccc(-c2ccccc2F)o1. The Kier molecular flexibility index (Phi) is 4.56. The predicted molar refractivity (Wildman–Crippen MR) is 106 cm³/mol. The number of halogens is 1. The van der Waals surface area contributed by atoms with Crippen molar-refractivity contribution in [3.8, 4) is 11.3 Å². The number of carbonyl (C=O) groups is 2. The van der Waals surface area contributed by atoms with E-state index in [1.807, 2.05) is 0 Å².